The van der Waals surface area contributed by atoms with Crippen LogP contribution in [-0.4, -0.2) is 19.3 Å². The molecular formula is C16H13Cl2NO4. The van der Waals surface area contributed by atoms with Crippen molar-refractivity contribution in [3.63, 3.8) is 0 Å². The highest BCUT2D eigenvalue weighted by molar-refractivity contribution is 6.35. The third-order valence-corrected chi connectivity index (χ3v) is 3.71. The van der Waals surface area contributed by atoms with Crippen LogP contribution in [0, 0.1) is 0 Å². The normalized spacial score (nSPS) is 12.1. The summed E-state index contributed by atoms with van der Waals surface area (Å²) >= 11 is 11.8. The third kappa shape index (κ3) is 4.00. The predicted octanol–water partition coefficient (Wildman–Crippen LogP) is 3.42. The Kier molecular flexibility index (Phi) is 4.79. The number of ether oxygens (including phenoxy) is 3. The number of halogens is 2. The van der Waals surface area contributed by atoms with Gasteiger partial charge in [-0.15, -0.1) is 0 Å². The quantitative estimate of drug-likeness (QED) is 0.894. The summed E-state index contributed by atoms with van der Waals surface area (Å²) in [5.41, 5.74) is 0.909. The van der Waals surface area contributed by atoms with Crippen molar-refractivity contribution >= 4 is 29.1 Å². The van der Waals surface area contributed by atoms with Gasteiger partial charge in [0, 0.05) is 11.6 Å². The Balaban J connectivity index is 1.50. The molecule has 0 aromatic heterocycles. The molecule has 0 saturated heterocycles. The summed E-state index contributed by atoms with van der Waals surface area (Å²) in [6, 6.07) is 10.3. The second kappa shape index (κ2) is 6.98. The smallest absolute Gasteiger partial charge is 0.258 e. The van der Waals surface area contributed by atoms with E-state index in [1.54, 1.807) is 18.2 Å². The van der Waals surface area contributed by atoms with E-state index in [-0.39, 0.29) is 19.3 Å². The monoisotopic (exact) mass is 353 g/mol. The molecule has 0 fully saturated rings. The first-order valence-corrected chi connectivity index (χ1v) is 7.60. The molecule has 3 rings (SSSR count). The number of hydrogen-bond donors (Lipinski definition) is 1. The fourth-order valence-corrected chi connectivity index (χ4v) is 2.50. The second-order valence-corrected chi connectivity index (χ2v) is 5.67. The zero-order valence-electron chi connectivity index (χ0n) is 12.0. The Morgan fingerprint density at radius 3 is 2.78 bits per heavy atom. The van der Waals surface area contributed by atoms with Crippen LogP contribution < -0.4 is 19.5 Å². The van der Waals surface area contributed by atoms with E-state index in [9.17, 15) is 4.79 Å². The van der Waals surface area contributed by atoms with Gasteiger partial charge < -0.3 is 19.5 Å². The van der Waals surface area contributed by atoms with Crippen molar-refractivity contribution in [1.82, 2.24) is 5.32 Å². The summed E-state index contributed by atoms with van der Waals surface area (Å²) in [6.07, 6.45) is 0. The van der Waals surface area contributed by atoms with Gasteiger partial charge in [-0.25, -0.2) is 0 Å². The minimum absolute atomic E-state index is 0.133. The maximum Gasteiger partial charge on any atom is 0.258 e. The fraction of sp³-hybridized carbons (Fsp3) is 0.188. The van der Waals surface area contributed by atoms with E-state index in [0.717, 1.165) is 5.56 Å². The van der Waals surface area contributed by atoms with Crippen LogP contribution in [0.2, 0.25) is 10.0 Å². The Morgan fingerprint density at radius 2 is 1.96 bits per heavy atom. The summed E-state index contributed by atoms with van der Waals surface area (Å²) in [7, 11) is 0. The van der Waals surface area contributed by atoms with Crippen LogP contribution in [0.15, 0.2) is 36.4 Å². The summed E-state index contributed by atoms with van der Waals surface area (Å²) < 4.78 is 15.9. The van der Waals surface area contributed by atoms with Gasteiger partial charge in [-0.1, -0.05) is 29.3 Å². The lowest BCUT2D eigenvalue weighted by atomic mass is 10.2. The van der Waals surface area contributed by atoms with E-state index in [4.69, 9.17) is 37.4 Å². The Hall–Kier alpha value is -2.11. The number of hydrogen-bond acceptors (Lipinski definition) is 4. The molecule has 2 aromatic rings. The number of fused-ring (bicyclic) bond motifs is 1. The SMILES string of the molecule is O=C(COc1ccc(Cl)cc1Cl)NCc1ccc2c(c1)OCO2. The number of nitrogens with one attached hydrogen (secondary N) is 1. The first-order valence-electron chi connectivity index (χ1n) is 6.85. The summed E-state index contributed by atoms with van der Waals surface area (Å²) in [4.78, 5) is 11.8. The van der Waals surface area contributed by atoms with Crippen molar-refractivity contribution in [3.05, 3.63) is 52.0 Å². The molecule has 23 heavy (non-hydrogen) atoms. The molecule has 7 heteroatoms. The van der Waals surface area contributed by atoms with Gasteiger partial charge in [0.05, 0.1) is 5.02 Å². The van der Waals surface area contributed by atoms with Gasteiger partial charge in [-0.05, 0) is 35.9 Å². The van der Waals surface area contributed by atoms with Gasteiger partial charge >= 0.3 is 0 Å². The standard InChI is InChI=1S/C16H13Cl2NO4/c17-11-2-4-13(12(18)6-11)21-8-16(20)19-7-10-1-3-14-15(5-10)23-9-22-14/h1-6H,7-9H2,(H,19,20). The molecule has 0 atom stereocenters. The van der Waals surface area contributed by atoms with E-state index in [1.807, 2.05) is 18.2 Å². The lowest BCUT2D eigenvalue weighted by Gasteiger charge is -2.09. The largest absolute Gasteiger partial charge is 0.482 e. The molecule has 1 heterocycles. The molecule has 0 bridgehead atoms. The number of carbonyl (C=O) groups excluding carboxylic acids is 1. The lowest BCUT2D eigenvalue weighted by molar-refractivity contribution is -0.123. The van der Waals surface area contributed by atoms with Crippen molar-refractivity contribution in [1.29, 1.82) is 0 Å². The van der Waals surface area contributed by atoms with Gasteiger partial charge in [0.2, 0.25) is 6.79 Å². The molecule has 5 nitrogen and oxygen atoms in total. The van der Waals surface area contributed by atoms with Crippen molar-refractivity contribution in [2.75, 3.05) is 13.4 Å². The van der Waals surface area contributed by atoms with Crippen LogP contribution in [0.5, 0.6) is 17.2 Å². The molecule has 1 aliphatic heterocycles. The van der Waals surface area contributed by atoms with Crippen LogP contribution in [0.4, 0.5) is 0 Å². The molecule has 1 aliphatic rings. The van der Waals surface area contributed by atoms with Gasteiger partial charge in [0.1, 0.15) is 5.75 Å². The number of benzene rings is 2. The zero-order valence-corrected chi connectivity index (χ0v) is 13.5. The maximum absolute atomic E-state index is 11.8. The van der Waals surface area contributed by atoms with Crippen LogP contribution in [0.25, 0.3) is 0 Å². The molecule has 2 aromatic carbocycles. The Morgan fingerprint density at radius 1 is 1.13 bits per heavy atom. The minimum atomic E-state index is -0.256. The van der Waals surface area contributed by atoms with Gasteiger partial charge in [0.25, 0.3) is 5.91 Å². The summed E-state index contributed by atoms with van der Waals surface area (Å²) in [6.45, 7) is 0.458. The van der Waals surface area contributed by atoms with E-state index >= 15 is 0 Å². The van der Waals surface area contributed by atoms with E-state index in [2.05, 4.69) is 5.32 Å². The van der Waals surface area contributed by atoms with Crippen molar-refractivity contribution in [2.24, 2.45) is 0 Å². The first kappa shape index (κ1) is 15.8. The van der Waals surface area contributed by atoms with Crippen LogP contribution in [-0.2, 0) is 11.3 Å². The molecule has 0 radical (unpaired) electrons. The molecule has 0 saturated carbocycles. The predicted molar refractivity (Wildman–Crippen MR) is 86.4 cm³/mol. The molecule has 0 aliphatic carbocycles. The lowest BCUT2D eigenvalue weighted by Crippen LogP contribution is -2.28. The number of rotatable bonds is 5. The van der Waals surface area contributed by atoms with E-state index in [0.29, 0.717) is 33.8 Å². The first-order chi connectivity index (χ1) is 11.1. The molecular weight excluding hydrogens is 341 g/mol. The molecule has 1 N–H and O–H groups in total. The van der Waals surface area contributed by atoms with Crippen molar-refractivity contribution in [3.8, 4) is 17.2 Å². The van der Waals surface area contributed by atoms with Gasteiger partial charge in [0.15, 0.2) is 18.1 Å². The van der Waals surface area contributed by atoms with E-state index in [1.165, 1.54) is 0 Å². The van der Waals surface area contributed by atoms with Crippen molar-refractivity contribution in [2.45, 2.75) is 6.54 Å². The molecule has 0 unspecified atom stereocenters. The maximum atomic E-state index is 11.8. The molecule has 1 amide bonds. The van der Waals surface area contributed by atoms with Crippen LogP contribution >= 0.6 is 23.2 Å². The van der Waals surface area contributed by atoms with Gasteiger partial charge in [-0.3, -0.25) is 4.79 Å². The average molecular weight is 354 g/mol. The van der Waals surface area contributed by atoms with Gasteiger partial charge in [-0.2, -0.15) is 0 Å². The Bertz CT molecular complexity index is 736. The topological polar surface area (TPSA) is 56.8 Å². The van der Waals surface area contributed by atoms with Crippen LogP contribution in [0.1, 0.15) is 5.56 Å². The highest BCUT2D eigenvalue weighted by Crippen LogP contribution is 2.32. The summed E-state index contributed by atoms with van der Waals surface area (Å²) in [5.74, 6) is 1.55. The van der Waals surface area contributed by atoms with Crippen LogP contribution in [0.3, 0.4) is 0 Å². The summed E-state index contributed by atoms with van der Waals surface area (Å²) in [5, 5.41) is 3.63. The highest BCUT2D eigenvalue weighted by Gasteiger charge is 2.13. The average Bonchev–Trinajstić information content (AvgIpc) is 2.99. The second-order valence-electron chi connectivity index (χ2n) is 4.83. The van der Waals surface area contributed by atoms with E-state index < -0.39 is 0 Å². The zero-order chi connectivity index (χ0) is 16.2. The third-order valence-electron chi connectivity index (χ3n) is 3.18. The molecule has 0 spiro atoms. The highest BCUT2D eigenvalue weighted by atomic mass is 35.5. The molecule has 120 valence electrons. The fourth-order valence-electron chi connectivity index (χ4n) is 2.04. The number of amides is 1. The van der Waals surface area contributed by atoms with Crippen molar-refractivity contribution < 1.29 is 19.0 Å². The minimum Gasteiger partial charge on any atom is -0.482 e. The number of carbonyl (C=O) groups is 1. The Labute approximate surface area is 143 Å².